The van der Waals surface area contributed by atoms with E-state index >= 15 is 0 Å². The van der Waals surface area contributed by atoms with Crippen LogP contribution >= 0.6 is 11.3 Å². The summed E-state index contributed by atoms with van der Waals surface area (Å²) in [6, 6.07) is 0.433. The van der Waals surface area contributed by atoms with E-state index in [0.29, 0.717) is 6.04 Å². The summed E-state index contributed by atoms with van der Waals surface area (Å²) in [7, 11) is 0. The SMILES string of the molecule is Cc1nc(NC2CC(C)(C)NC(C)(C)C2)c2c3c(sc2n1)CCCC3. The van der Waals surface area contributed by atoms with E-state index < -0.39 is 0 Å². The van der Waals surface area contributed by atoms with Crippen LogP contribution in [0.4, 0.5) is 5.82 Å². The Morgan fingerprint density at radius 3 is 2.44 bits per heavy atom. The van der Waals surface area contributed by atoms with Crippen LogP contribution in [0.5, 0.6) is 0 Å². The van der Waals surface area contributed by atoms with E-state index in [1.54, 1.807) is 0 Å². The molecule has 2 aromatic heterocycles. The van der Waals surface area contributed by atoms with E-state index in [2.05, 4.69) is 38.3 Å². The maximum Gasteiger partial charge on any atom is 0.139 e. The number of nitrogens with one attached hydrogen (secondary N) is 2. The van der Waals surface area contributed by atoms with E-state index in [9.17, 15) is 0 Å². The molecule has 4 nitrogen and oxygen atoms in total. The number of hydrogen-bond donors (Lipinski definition) is 2. The minimum Gasteiger partial charge on any atom is -0.367 e. The number of fused-ring (bicyclic) bond motifs is 3. The Hall–Kier alpha value is -1.20. The molecule has 0 aromatic carbocycles. The molecule has 0 radical (unpaired) electrons. The van der Waals surface area contributed by atoms with E-state index in [4.69, 9.17) is 9.97 Å². The van der Waals surface area contributed by atoms with Crippen molar-refractivity contribution in [3.8, 4) is 0 Å². The van der Waals surface area contributed by atoms with E-state index in [-0.39, 0.29) is 11.1 Å². The van der Waals surface area contributed by atoms with Crippen molar-refractivity contribution in [2.45, 2.75) is 90.3 Å². The quantitative estimate of drug-likeness (QED) is 0.824. The molecule has 1 fully saturated rings. The standard InChI is InChI=1S/C20H30N4S/c1-12-21-17(23-13-10-19(2,3)24-20(4,5)11-13)16-14-8-6-7-9-15(14)25-18(16)22-12/h13,24H,6-11H2,1-5H3,(H,21,22,23). The van der Waals surface area contributed by atoms with Gasteiger partial charge in [0.25, 0.3) is 0 Å². The minimum atomic E-state index is 0.134. The van der Waals surface area contributed by atoms with Crippen molar-refractivity contribution >= 4 is 27.4 Å². The highest BCUT2D eigenvalue weighted by molar-refractivity contribution is 7.19. The predicted octanol–water partition coefficient (Wildman–Crippen LogP) is 4.60. The summed E-state index contributed by atoms with van der Waals surface area (Å²) in [6.07, 6.45) is 7.20. The average Bonchev–Trinajstić information content (AvgIpc) is 2.81. The molecule has 5 heteroatoms. The molecular weight excluding hydrogens is 328 g/mol. The molecule has 2 aliphatic rings. The van der Waals surface area contributed by atoms with Gasteiger partial charge in [-0.2, -0.15) is 0 Å². The summed E-state index contributed by atoms with van der Waals surface area (Å²) in [5.41, 5.74) is 1.78. The van der Waals surface area contributed by atoms with E-state index in [0.717, 1.165) is 24.5 Å². The lowest BCUT2D eigenvalue weighted by molar-refractivity contribution is 0.170. The fourth-order valence-corrected chi connectivity index (χ4v) is 6.29. The smallest absolute Gasteiger partial charge is 0.139 e. The van der Waals surface area contributed by atoms with Crippen LogP contribution in [0, 0.1) is 6.92 Å². The van der Waals surface area contributed by atoms with Gasteiger partial charge in [0, 0.05) is 22.0 Å². The molecule has 0 unspecified atom stereocenters. The molecule has 3 heterocycles. The number of thiophene rings is 1. The highest BCUT2D eigenvalue weighted by atomic mass is 32.1. The van der Waals surface area contributed by atoms with Crippen LogP contribution in [0.25, 0.3) is 10.2 Å². The lowest BCUT2D eigenvalue weighted by atomic mass is 9.79. The fourth-order valence-electron chi connectivity index (χ4n) is 4.99. The van der Waals surface area contributed by atoms with Crippen LogP contribution in [-0.2, 0) is 12.8 Å². The molecule has 0 spiro atoms. The van der Waals surface area contributed by atoms with Gasteiger partial charge in [0.2, 0.25) is 0 Å². The van der Waals surface area contributed by atoms with E-state index in [1.807, 2.05) is 18.3 Å². The maximum atomic E-state index is 4.84. The monoisotopic (exact) mass is 358 g/mol. The van der Waals surface area contributed by atoms with Crippen LogP contribution in [0.15, 0.2) is 0 Å². The molecule has 2 aromatic rings. The Morgan fingerprint density at radius 2 is 1.72 bits per heavy atom. The van der Waals surface area contributed by atoms with Crippen LogP contribution in [-0.4, -0.2) is 27.1 Å². The highest BCUT2D eigenvalue weighted by Crippen LogP contribution is 2.39. The molecule has 136 valence electrons. The lowest BCUT2D eigenvalue weighted by Crippen LogP contribution is -2.60. The van der Waals surface area contributed by atoms with Gasteiger partial charge in [0.15, 0.2) is 0 Å². The van der Waals surface area contributed by atoms with Gasteiger partial charge in [-0.05, 0) is 78.7 Å². The van der Waals surface area contributed by atoms with Gasteiger partial charge in [-0.15, -0.1) is 11.3 Å². The van der Waals surface area contributed by atoms with Crippen molar-refractivity contribution in [3.05, 3.63) is 16.3 Å². The molecule has 0 saturated carbocycles. The highest BCUT2D eigenvalue weighted by Gasteiger charge is 2.38. The van der Waals surface area contributed by atoms with Gasteiger partial charge in [0.1, 0.15) is 16.5 Å². The second-order valence-corrected chi connectivity index (χ2v) is 10.2. The summed E-state index contributed by atoms with van der Waals surface area (Å²) in [4.78, 5) is 12.3. The first-order chi connectivity index (χ1) is 11.7. The largest absolute Gasteiger partial charge is 0.367 e. The first-order valence-electron chi connectivity index (χ1n) is 9.57. The van der Waals surface area contributed by atoms with Crippen molar-refractivity contribution < 1.29 is 0 Å². The minimum absolute atomic E-state index is 0.134. The first-order valence-corrected chi connectivity index (χ1v) is 10.4. The van der Waals surface area contributed by atoms with Crippen molar-refractivity contribution in [3.63, 3.8) is 0 Å². The molecule has 2 N–H and O–H groups in total. The number of anilines is 1. The second-order valence-electron chi connectivity index (χ2n) is 9.15. The number of hydrogen-bond acceptors (Lipinski definition) is 5. The summed E-state index contributed by atoms with van der Waals surface area (Å²) in [6.45, 7) is 11.2. The number of nitrogens with zero attached hydrogens (tertiary/aromatic N) is 2. The van der Waals surface area contributed by atoms with Gasteiger partial charge < -0.3 is 10.6 Å². The third-order valence-corrected chi connectivity index (χ3v) is 6.64. The Kier molecular flexibility index (Phi) is 4.08. The molecule has 0 amide bonds. The summed E-state index contributed by atoms with van der Waals surface area (Å²) < 4.78 is 0. The zero-order valence-electron chi connectivity index (χ0n) is 16.1. The topological polar surface area (TPSA) is 49.8 Å². The summed E-state index contributed by atoms with van der Waals surface area (Å²) in [5, 5.41) is 8.90. The number of piperidine rings is 1. The number of aromatic nitrogens is 2. The fraction of sp³-hybridized carbons (Fsp3) is 0.700. The summed E-state index contributed by atoms with van der Waals surface area (Å²) >= 11 is 1.89. The Bertz CT molecular complexity index is 790. The second kappa shape index (κ2) is 5.92. The molecule has 0 atom stereocenters. The zero-order valence-corrected chi connectivity index (χ0v) is 16.9. The molecule has 4 rings (SSSR count). The molecule has 1 aliphatic heterocycles. The van der Waals surface area contributed by atoms with Gasteiger partial charge >= 0.3 is 0 Å². The van der Waals surface area contributed by atoms with E-state index in [1.165, 1.54) is 46.3 Å². The van der Waals surface area contributed by atoms with Gasteiger partial charge in [-0.3, -0.25) is 0 Å². The van der Waals surface area contributed by atoms with Gasteiger partial charge in [-0.1, -0.05) is 0 Å². The van der Waals surface area contributed by atoms with Crippen molar-refractivity contribution in [2.75, 3.05) is 5.32 Å². The van der Waals surface area contributed by atoms with Crippen LogP contribution in [0.3, 0.4) is 0 Å². The average molecular weight is 359 g/mol. The van der Waals surface area contributed by atoms with Crippen LogP contribution in [0.2, 0.25) is 0 Å². The molecule has 25 heavy (non-hydrogen) atoms. The van der Waals surface area contributed by atoms with Crippen molar-refractivity contribution in [2.24, 2.45) is 0 Å². The Labute approximate surface area is 154 Å². The van der Waals surface area contributed by atoms with Crippen LogP contribution in [0.1, 0.15) is 69.6 Å². The van der Waals surface area contributed by atoms with Crippen molar-refractivity contribution in [1.82, 2.24) is 15.3 Å². The maximum absolute atomic E-state index is 4.84. The molecule has 0 bridgehead atoms. The number of aryl methyl sites for hydroxylation is 3. The normalized spacial score (nSPS) is 22.8. The van der Waals surface area contributed by atoms with Crippen molar-refractivity contribution in [1.29, 1.82) is 0 Å². The first kappa shape index (κ1) is 17.2. The van der Waals surface area contributed by atoms with Gasteiger partial charge in [-0.25, -0.2) is 9.97 Å². The van der Waals surface area contributed by atoms with Crippen LogP contribution < -0.4 is 10.6 Å². The number of rotatable bonds is 2. The zero-order chi connectivity index (χ0) is 17.8. The molecule has 1 saturated heterocycles. The molecular formula is C20H30N4S. The Balaban J connectivity index is 1.72. The Morgan fingerprint density at radius 1 is 1.04 bits per heavy atom. The third kappa shape index (κ3) is 3.41. The summed E-state index contributed by atoms with van der Waals surface area (Å²) in [5.74, 6) is 1.95. The molecule has 1 aliphatic carbocycles. The third-order valence-electron chi connectivity index (χ3n) is 5.46. The lowest BCUT2D eigenvalue weighted by Gasteiger charge is -2.46. The predicted molar refractivity (Wildman–Crippen MR) is 107 cm³/mol. The van der Waals surface area contributed by atoms with Gasteiger partial charge in [0.05, 0.1) is 5.39 Å².